The van der Waals surface area contributed by atoms with Crippen LogP contribution in [0.1, 0.15) is 96.9 Å². The quantitative estimate of drug-likeness (QED) is 0.371. The molecule has 0 aliphatic heterocycles. The highest BCUT2D eigenvalue weighted by Crippen LogP contribution is 2.66. The summed E-state index contributed by atoms with van der Waals surface area (Å²) in [4.78, 5) is 40.2. The zero-order valence-electron chi connectivity index (χ0n) is 22.9. The molecule has 4 nitrogen and oxygen atoms in total. The van der Waals surface area contributed by atoms with Crippen LogP contribution in [0.25, 0.3) is 0 Å². The minimum absolute atomic E-state index is 0.0000498. The Morgan fingerprint density at radius 3 is 2.54 bits per heavy atom. The summed E-state index contributed by atoms with van der Waals surface area (Å²) in [6.07, 6.45) is 8.71. The molecular formula is C31H42BrNO3S. The monoisotopic (exact) mass is 587 g/mol. The molecule has 5 rings (SSSR count). The van der Waals surface area contributed by atoms with Crippen LogP contribution in [0.5, 0.6) is 0 Å². The smallest absolute Gasteiger partial charge is 0.220 e. The molecule has 3 saturated carbocycles. The third kappa shape index (κ3) is 4.73. The number of fused-ring (bicyclic) bond motifs is 5. The third-order valence-electron chi connectivity index (χ3n) is 10.9. The molecule has 0 unspecified atom stereocenters. The van der Waals surface area contributed by atoms with Crippen molar-refractivity contribution in [3.05, 3.63) is 32.4 Å². The molecule has 1 aromatic heterocycles. The molecule has 0 radical (unpaired) electrons. The Kier molecular flexibility index (Phi) is 7.41. The second-order valence-corrected chi connectivity index (χ2v) is 15.8. The van der Waals surface area contributed by atoms with Crippen molar-refractivity contribution in [1.29, 1.82) is 0 Å². The number of rotatable bonds is 6. The zero-order chi connectivity index (χ0) is 26.7. The lowest BCUT2D eigenvalue weighted by Gasteiger charge is -2.57. The van der Waals surface area contributed by atoms with Gasteiger partial charge in [-0.25, -0.2) is 0 Å². The molecular weight excluding hydrogens is 546 g/mol. The van der Waals surface area contributed by atoms with Crippen molar-refractivity contribution in [1.82, 2.24) is 5.32 Å². The minimum atomic E-state index is 0.0000498. The molecule has 4 aliphatic carbocycles. The van der Waals surface area contributed by atoms with Gasteiger partial charge in [0.15, 0.2) is 5.78 Å². The van der Waals surface area contributed by atoms with Crippen LogP contribution in [0.15, 0.2) is 27.6 Å². The van der Waals surface area contributed by atoms with Crippen molar-refractivity contribution in [3.8, 4) is 0 Å². The van der Waals surface area contributed by atoms with Gasteiger partial charge in [-0.1, -0.05) is 40.2 Å². The van der Waals surface area contributed by atoms with Gasteiger partial charge in [-0.3, -0.25) is 14.4 Å². The number of hydrogen-bond acceptors (Lipinski definition) is 4. The lowest BCUT2D eigenvalue weighted by molar-refractivity contribution is -0.141. The van der Waals surface area contributed by atoms with Crippen molar-refractivity contribution in [2.75, 3.05) is 0 Å². The van der Waals surface area contributed by atoms with E-state index in [0.29, 0.717) is 48.7 Å². The molecule has 1 aromatic rings. The van der Waals surface area contributed by atoms with Gasteiger partial charge in [-0.2, -0.15) is 0 Å². The highest BCUT2D eigenvalue weighted by Gasteiger charge is 2.61. The Labute approximate surface area is 234 Å². The summed E-state index contributed by atoms with van der Waals surface area (Å²) in [5.41, 5.74) is 1.21. The van der Waals surface area contributed by atoms with Gasteiger partial charge >= 0.3 is 0 Å². The first-order chi connectivity index (χ1) is 17.4. The van der Waals surface area contributed by atoms with E-state index >= 15 is 0 Å². The van der Waals surface area contributed by atoms with Crippen molar-refractivity contribution >= 4 is 44.7 Å². The van der Waals surface area contributed by atoms with Crippen LogP contribution in [-0.2, 0) is 14.4 Å². The van der Waals surface area contributed by atoms with Crippen molar-refractivity contribution in [2.24, 2.45) is 46.3 Å². The molecule has 1 amide bonds. The molecule has 0 bridgehead atoms. The van der Waals surface area contributed by atoms with Crippen LogP contribution >= 0.6 is 27.3 Å². The molecule has 3 fully saturated rings. The number of carbonyl (C=O) groups is 3. The second kappa shape index (κ2) is 10.0. The van der Waals surface area contributed by atoms with Crippen LogP contribution in [0.2, 0.25) is 0 Å². The number of halogens is 1. The Hall–Kier alpha value is -1.27. The maximum absolute atomic E-state index is 13.6. The molecule has 1 heterocycles. The highest BCUT2D eigenvalue weighted by molar-refractivity contribution is 9.11. The maximum atomic E-state index is 13.6. The van der Waals surface area contributed by atoms with E-state index in [1.807, 2.05) is 6.08 Å². The van der Waals surface area contributed by atoms with Crippen LogP contribution < -0.4 is 5.32 Å². The fraction of sp³-hybridized carbons (Fsp3) is 0.710. The van der Waals surface area contributed by atoms with Crippen LogP contribution in [-0.4, -0.2) is 17.5 Å². The number of Topliss-reactive ketones (excluding diaryl/α,β-unsaturated/α-hetero) is 1. The van der Waals surface area contributed by atoms with E-state index in [9.17, 15) is 14.4 Å². The average Bonchev–Trinajstić information content (AvgIpc) is 3.41. The number of amides is 1. The Bertz CT molecular complexity index is 1120. The van der Waals surface area contributed by atoms with Gasteiger partial charge in [-0.05, 0) is 107 Å². The van der Waals surface area contributed by atoms with E-state index in [2.05, 4.69) is 68.0 Å². The van der Waals surface area contributed by atoms with Gasteiger partial charge in [0.05, 0.1) is 9.83 Å². The molecule has 1 N–H and O–H groups in total. The second-order valence-electron chi connectivity index (χ2n) is 13.3. The number of thiophene rings is 1. The maximum Gasteiger partial charge on any atom is 0.220 e. The average molecular weight is 589 g/mol. The molecule has 37 heavy (non-hydrogen) atoms. The van der Waals surface area contributed by atoms with Gasteiger partial charge in [0.1, 0.15) is 5.78 Å². The Balaban J connectivity index is 1.30. The highest BCUT2D eigenvalue weighted by atomic mass is 79.9. The van der Waals surface area contributed by atoms with E-state index in [1.54, 1.807) is 11.3 Å². The molecule has 0 aromatic carbocycles. The summed E-state index contributed by atoms with van der Waals surface area (Å²) in [6.45, 7) is 11.3. The first kappa shape index (κ1) is 27.3. The lowest BCUT2D eigenvalue weighted by atomic mass is 9.46. The van der Waals surface area contributed by atoms with Gasteiger partial charge in [0, 0.05) is 30.1 Å². The fourth-order valence-corrected chi connectivity index (χ4v) is 10.6. The SMILES string of the molecule is CC(C)[C@@H](NC(=O)C[C@@H](C)[C@H]1CC[C@H]2[C@@H]3C(=O)CC4=CC(=O)CC[C@]4(C)[C@H]3CC[C@]12C)c1ccc(Br)s1. The summed E-state index contributed by atoms with van der Waals surface area (Å²) >= 11 is 5.25. The van der Waals surface area contributed by atoms with Gasteiger partial charge in [0.2, 0.25) is 5.91 Å². The first-order valence-electron chi connectivity index (χ1n) is 14.2. The topological polar surface area (TPSA) is 63.2 Å². The Morgan fingerprint density at radius 1 is 1.11 bits per heavy atom. The van der Waals surface area contributed by atoms with E-state index < -0.39 is 0 Å². The van der Waals surface area contributed by atoms with Gasteiger partial charge in [0.25, 0.3) is 0 Å². The number of hydrogen-bond donors (Lipinski definition) is 1. The van der Waals surface area contributed by atoms with E-state index in [4.69, 9.17) is 0 Å². The first-order valence-corrected chi connectivity index (χ1v) is 15.9. The van der Waals surface area contributed by atoms with Crippen LogP contribution in [0, 0.1) is 46.3 Å². The largest absolute Gasteiger partial charge is 0.348 e. The van der Waals surface area contributed by atoms with Crippen molar-refractivity contribution < 1.29 is 14.4 Å². The summed E-state index contributed by atoms with van der Waals surface area (Å²) in [5.74, 6) is 2.64. The number of allylic oxidation sites excluding steroid dienone is 1. The normalized spacial score (nSPS) is 36.9. The number of nitrogens with one attached hydrogen (secondary N) is 1. The summed E-state index contributed by atoms with van der Waals surface area (Å²) < 4.78 is 1.09. The molecule has 4 aliphatic rings. The number of ketones is 2. The predicted octanol–water partition coefficient (Wildman–Crippen LogP) is 7.68. The van der Waals surface area contributed by atoms with Gasteiger partial charge in [-0.15, -0.1) is 11.3 Å². The summed E-state index contributed by atoms with van der Waals surface area (Å²) in [6, 6.07) is 4.19. The van der Waals surface area contributed by atoms with E-state index in [1.165, 1.54) is 4.88 Å². The van der Waals surface area contributed by atoms with Crippen LogP contribution in [0.3, 0.4) is 0 Å². The van der Waals surface area contributed by atoms with Crippen molar-refractivity contribution in [2.45, 2.75) is 92.0 Å². The van der Waals surface area contributed by atoms with E-state index in [-0.39, 0.29) is 40.4 Å². The zero-order valence-corrected chi connectivity index (χ0v) is 25.3. The Morgan fingerprint density at radius 2 is 1.86 bits per heavy atom. The van der Waals surface area contributed by atoms with E-state index in [0.717, 1.165) is 41.5 Å². The minimum Gasteiger partial charge on any atom is -0.348 e. The van der Waals surface area contributed by atoms with Gasteiger partial charge < -0.3 is 5.32 Å². The molecule has 202 valence electrons. The molecule has 0 saturated heterocycles. The van der Waals surface area contributed by atoms with Crippen molar-refractivity contribution in [3.63, 3.8) is 0 Å². The molecule has 8 atom stereocenters. The molecule has 0 spiro atoms. The fourth-order valence-electron chi connectivity index (χ4n) is 8.96. The lowest BCUT2D eigenvalue weighted by Crippen LogP contribution is -2.54. The van der Waals surface area contributed by atoms with Crippen LogP contribution in [0.4, 0.5) is 0 Å². The third-order valence-corrected chi connectivity index (χ3v) is 12.6. The predicted molar refractivity (Wildman–Crippen MR) is 152 cm³/mol. The number of carbonyl (C=O) groups excluding carboxylic acids is 3. The summed E-state index contributed by atoms with van der Waals surface area (Å²) in [7, 11) is 0. The standard InChI is InChI=1S/C31H42BrNO3S/c1-17(2)29(25-8-9-26(32)37-25)33-27(36)14-18(3)21-6-7-22-28-23(11-13-31(21,22)5)30(4)12-10-20(34)15-19(30)16-24(28)35/h8-9,15,17-18,21-23,28-29H,6-7,10-14,16H2,1-5H3,(H,33,36)/t18-,21-,22+,23+,28+,29-,30+,31-/m1/s1. The molecule has 6 heteroatoms. The summed E-state index contributed by atoms with van der Waals surface area (Å²) in [5, 5.41) is 3.34.